The molecule has 0 aromatic rings. The number of methoxy groups -OCH3 is 1. The Hall–Kier alpha value is -1.13. The van der Waals surface area contributed by atoms with Crippen LogP contribution in [0.15, 0.2) is 24.3 Å². The quantitative estimate of drug-likeness (QED) is 0.0979. The molecule has 0 saturated carbocycles. The SMILES string of the molecule is CCCCC/C=C/C=C/C(CCCCCCCC(=O)OC)OOC(C)(C)C. The van der Waals surface area contributed by atoms with E-state index in [1.54, 1.807) is 0 Å². The first-order valence-electron chi connectivity index (χ1n) is 10.6. The maximum absolute atomic E-state index is 11.1. The van der Waals surface area contributed by atoms with Crippen molar-refractivity contribution < 1.29 is 19.3 Å². The summed E-state index contributed by atoms with van der Waals surface area (Å²) in [4.78, 5) is 22.2. The highest BCUT2D eigenvalue weighted by molar-refractivity contribution is 5.68. The van der Waals surface area contributed by atoms with Crippen LogP contribution < -0.4 is 0 Å². The van der Waals surface area contributed by atoms with Crippen molar-refractivity contribution >= 4 is 5.97 Å². The number of carbonyl (C=O) groups is 1. The van der Waals surface area contributed by atoms with Gasteiger partial charge in [-0.15, -0.1) is 0 Å². The van der Waals surface area contributed by atoms with Crippen molar-refractivity contribution in [2.75, 3.05) is 7.11 Å². The molecule has 0 bridgehead atoms. The van der Waals surface area contributed by atoms with Crippen LogP contribution in [-0.4, -0.2) is 24.8 Å². The van der Waals surface area contributed by atoms with Gasteiger partial charge in [-0.25, -0.2) is 9.78 Å². The van der Waals surface area contributed by atoms with E-state index in [4.69, 9.17) is 9.78 Å². The second-order valence-electron chi connectivity index (χ2n) is 8.02. The molecule has 27 heavy (non-hydrogen) atoms. The van der Waals surface area contributed by atoms with E-state index < -0.39 is 0 Å². The average molecular weight is 383 g/mol. The molecule has 4 heteroatoms. The highest BCUT2D eigenvalue weighted by atomic mass is 17.2. The Morgan fingerprint density at radius 1 is 0.963 bits per heavy atom. The molecule has 158 valence electrons. The fraction of sp³-hybridized carbons (Fsp3) is 0.783. The zero-order valence-electron chi connectivity index (χ0n) is 18.3. The van der Waals surface area contributed by atoms with Gasteiger partial charge in [0.15, 0.2) is 0 Å². The second kappa shape index (κ2) is 17.0. The van der Waals surface area contributed by atoms with Gasteiger partial charge in [-0.05, 0) is 46.5 Å². The predicted molar refractivity (Wildman–Crippen MR) is 112 cm³/mol. The summed E-state index contributed by atoms with van der Waals surface area (Å²) in [5.41, 5.74) is -0.310. The van der Waals surface area contributed by atoms with E-state index in [9.17, 15) is 4.79 Å². The molecule has 0 aromatic carbocycles. The number of carbonyl (C=O) groups excluding carboxylic acids is 1. The zero-order valence-corrected chi connectivity index (χ0v) is 18.3. The van der Waals surface area contributed by atoms with Gasteiger partial charge in [0.25, 0.3) is 0 Å². The van der Waals surface area contributed by atoms with Crippen LogP contribution in [0.4, 0.5) is 0 Å². The van der Waals surface area contributed by atoms with E-state index in [2.05, 4.69) is 36.0 Å². The highest BCUT2D eigenvalue weighted by Gasteiger charge is 2.15. The van der Waals surface area contributed by atoms with Gasteiger partial charge in [0, 0.05) is 6.42 Å². The molecule has 0 aliphatic heterocycles. The van der Waals surface area contributed by atoms with Crippen LogP contribution in [0.3, 0.4) is 0 Å². The number of allylic oxidation sites excluding steroid dienone is 3. The van der Waals surface area contributed by atoms with Gasteiger partial charge in [-0.1, -0.05) is 69.8 Å². The third kappa shape index (κ3) is 19.4. The number of esters is 1. The van der Waals surface area contributed by atoms with E-state index in [0.29, 0.717) is 6.42 Å². The Balaban J connectivity index is 4.10. The molecule has 0 N–H and O–H groups in total. The highest BCUT2D eigenvalue weighted by Crippen LogP contribution is 2.15. The minimum Gasteiger partial charge on any atom is -0.469 e. The number of hydrogen-bond donors (Lipinski definition) is 0. The molecule has 0 saturated heterocycles. The van der Waals surface area contributed by atoms with Gasteiger partial charge in [0.05, 0.1) is 12.7 Å². The minimum absolute atomic E-state index is 0.0282. The lowest BCUT2D eigenvalue weighted by Crippen LogP contribution is -2.23. The third-order valence-electron chi connectivity index (χ3n) is 4.07. The topological polar surface area (TPSA) is 44.8 Å². The fourth-order valence-electron chi connectivity index (χ4n) is 2.50. The molecule has 0 amide bonds. The van der Waals surface area contributed by atoms with E-state index in [0.717, 1.165) is 44.9 Å². The van der Waals surface area contributed by atoms with E-state index in [-0.39, 0.29) is 17.7 Å². The number of rotatable bonds is 16. The maximum atomic E-state index is 11.1. The molecule has 0 aliphatic carbocycles. The third-order valence-corrected chi connectivity index (χ3v) is 4.07. The lowest BCUT2D eigenvalue weighted by Gasteiger charge is -2.21. The van der Waals surface area contributed by atoms with Crippen molar-refractivity contribution in [2.45, 2.75) is 110 Å². The van der Waals surface area contributed by atoms with Crippen LogP contribution in [0.5, 0.6) is 0 Å². The first kappa shape index (κ1) is 25.9. The Morgan fingerprint density at radius 2 is 1.67 bits per heavy atom. The number of unbranched alkanes of at least 4 members (excludes halogenated alkanes) is 7. The van der Waals surface area contributed by atoms with Crippen molar-refractivity contribution in [3.05, 3.63) is 24.3 Å². The lowest BCUT2D eigenvalue weighted by atomic mass is 10.1. The van der Waals surface area contributed by atoms with Crippen LogP contribution >= 0.6 is 0 Å². The van der Waals surface area contributed by atoms with Crippen molar-refractivity contribution in [1.29, 1.82) is 0 Å². The van der Waals surface area contributed by atoms with Crippen molar-refractivity contribution in [3.8, 4) is 0 Å². The second-order valence-corrected chi connectivity index (χ2v) is 8.02. The summed E-state index contributed by atoms with van der Waals surface area (Å²) in [6, 6.07) is 0. The Kier molecular flexibility index (Phi) is 16.3. The summed E-state index contributed by atoms with van der Waals surface area (Å²) in [6.45, 7) is 8.19. The van der Waals surface area contributed by atoms with Crippen molar-refractivity contribution in [2.24, 2.45) is 0 Å². The molecule has 0 radical (unpaired) electrons. The standard InChI is InChI=1S/C23H42O4/c1-6-7-8-9-10-12-15-18-21(26-27-23(2,3)4)19-16-13-11-14-17-20-22(24)25-5/h10,12,15,18,21H,6-9,11,13-14,16-17,19-20H2,1-5H3/b12-10+,18-15+. The van der Waals surface area contributed by atoms with Crippen LogP contribution in [0, 0.1) is 0 Å². The average Bonchev–Trinajstić information content (AvgIpc) is 2.62. The van der Waals surface area contributed by atoms with Gasteiger partial charge in [0.1, 0.15) is 6.10 Å². The first-order chi connectivity index (χ1) is 12.9. The molecule has 0 spiro atoms. The maximum Gasteiger partial charge on any atom is 0.305 e. The number of hydrogen-bond acceptors (Lipinski definition) is 4. The minimum atomic E-state index is -0.310. The molecule has 0 fully saturated rings. The molecular formula is C23H42O4. The largest absolute Gasteiger partial charge is 0.469 e. The van der Waals surface area contributed by atoms with Crippen LogP contribution in [-0.2, 0) is 19.3 Å². The summed E-state index contributed by atoms with van der Waals surface area (Å²) in [5, 5.41) is 0. The van der Waals surface area contributed by atoms with E-state index in [1.807, 2.05) is 20.8 Å². The smallest absolute Gasteiger partial charge is 0.305 e. The fourth-order valence-corrected chi connectivity index (χ4v) is 2.50. The lowest BCUT2D eigenvalue weighted by molar-refractivity contribution is -0.365. The summed E-state index contributed by atoms with van der Waals surface area (Å²) in [7, 11) is 1.44. The molecule has 4 nitrogen and oxygen atoms in total. The van der Waals surface area contributed by atoms with Crippen LogP contribution in [0.2, 0.25) is 0 Å². The monoisotopic (exact) mass is 382 g/mol. The predicted octanol–water partition coefficient (Wildman–Crippen LogP) is 6.70. The summed E-state index contributed by atoms with van der Waals surface area (Å²) < 4.78 is 4.66. The molecule has 0 aromatic heterocycles. The molecule has 0 heterocycles. The molecule has 0 aliphatic rings. The van der Waals surface area contributed by atoms with Crippen LogP contribution in [0.25, 0.3) is 0 Å². The van der Waals surface area contributed by atoms with Crippen molar-refractivity contribution in [1.82, 2.24) is 0 Å². The summed E-state index contributed by atoms with van der Waals surface area (Å²) >= 11 is 0. The van der Waals surface area contributed by atoms with Crippen molar-refractivity contribution in [3.63, 3.8) is 0 Å². The van der Waals surface area contributed by atoms with E-state index in [1.165, 1.54) is 26.4 Å². The van der Waals surface area contributed by atoms with Crippen LogP contribution in [0.1, 0.15) is 98.3 Å². The Labute approximate surface area is 167 Å². The van der Waals surface area contributed by atoms with E-state index >= 15 is 0 Å². The van der Waals surface area contributed by atoms with Gasteiger partial charge >= 0.3 is 5.97 Å². The van der Waals surface area contributed by atoms with Gasteiger partial charge in [0.2, 0.25) is 0 Å². The zero-order chi connectivity index (χ0) is 20.4. The molecular weight excluding hydrogens is 340 g/mol. The molecule has 1 atom stereocenters. The Bertz CT molecular complexity index is 407. The van der Waals surface area contributed by atoms with Gasteiger partial charge in [-0.3, -0.25) is 4.79 Å². The number of ether oxygens (including phenoxy) is 1. The summed E-state index contributed by atoms with van der Waals surface area (Å²) in [6.07, 6.45) is 20.2. The molecule has 0 rings (SSSR count). The normalized spacial score (nSPS) is 13.5. The first-order valence-corrected chi connectivity index (χ1v) is 10.6. The Morgan fingerprint density at radius 3 is 2.33 bits per heavy atom. The summed E-state index contributed by atoms with van der Waals surface area (Å²) in [5.74, 6) is -0.115. The van der Waals surface area contributed by atoms with Gasteiger partial charge < -0.3 is 4.74 Å². The van der Waals surface area contributed by atoms with Gasteiger partial charge in [-0.2, -0.15) is 0 Å². The molecule has 1 unspecified atom stereocenters.